The Morgan fingerprint density at radius 3 is 1.43 bits per heavy atom. The van der Waals surface area contributed by atoms with Gasteiger partial charge in [-0.05, 0) is 77.9 Å². The largest absolute Gasteiger partial charge is 0.497 e. The van der Waals surface area contributed by atoms with Crippen LogP contribution in [-0.2, 0) is 10.9 Å². The van der Waals surface area contributed by atoms with E-state index in [-0.39, 0.29) is 10.9 Å². The maximum absolute atomic E-state index is 5.38. The van der Waals surface area contributed by atoms with Gasteiger partial charge in [-0.2, -0.15) is 0 Å². The molecule has 2 heterocycles. The van der Waals surface area contributed by atoms with Crippen molar-refractivity contribution in [2.45, 2.75) is 14.0 Å². The Morgan fingerprint density at radius 1 is 0.486 bits per heavy atom. The van der Waals surface area contributed by atoms with Gasteiger partial charge in [-0.3, -0.25) is 0 Å². The Bertz CT molecular complexity index is 1340. The summed E-state index contributed by atoms with van der Waals surface area (Å²) >= 11 is 3.51. The second kappa shape index (κ2) is 10.6. The van der Waals surface area contributed by atoms with Crippen molar-refractivity contribution in [1.29, 1.82) is 0 Å². The van der Waals surface area contributed by atoms with Crippen LogP contribution in [0.2, 0.25) is 0 Å². The summed E-state index contributed by atoms with van der Waals surface area (Å²) in [4.78, 5) is 4.98. The van der Waals surface area contributed by atoms with Crippen LogP contribution >= 0.6 is 22.7 Å². The molecule has 35 heavy (non-hydrogen) atoms. The predicted octanol–water partition coefficient (Wildman–Crippen LogP) is 8.26. The molecule has 0 bridgehead atoms. The molecule has 0 aliphatic heterocycles. The molecule has 0 spiro atoms. The van der Waals surface area contributed by atoms with Gasteiger partial charge in [0.25, 0.3) is 0 Å². The van der Waals surface area contributed by atoms with E-state index in [0.717, 1.165) is 16.6 Å². The summed E-state index contributed by atoms with van der Waals surface area (Å²) in [6, 6.07) is 34.2. The number of ether oxygens (including phenoxy) is 3. The van der Waals surface area contributed by atoms with E-state index in [2.05, 4.69) is 66.7 Å². The quantitative estimate of drug-likeness (QED) is 0.194. The molecule has 176 valence electrons. The van der Waals surface area contributed by atoms with Crippen molar-refractivity contribution in [2.75, 3.05) is 21.3 Å². The first-order valence-corrected chi connectivity index (χ1v) is 13.9. The topological polar surface area (TPSA) is 27.7 Å². The van der Waals surface area contributed by atoms with E-state index in [0.29, 0.717) is 0 Å². The van der Waals surface area contributed by atoms with Gasteiger partial charge in [0.1, 0.15) is 22.4 Å². The highest BCUT2D eigenvalue weighted by Gasteiger charge is 2.31. The van der Waals surface area contributed by atoms with Crippen LogP contribution in [0.4, 0.5) is 0 Å². The van der Waals surface area contributed by atoms with Gasteiger partial charge < -0.3 is 14.2 Å². The zero-order chi connectivity index (χ0) is 24.2. The maximum atomic E-state index is 5.38. The molecule has 5 aromatic rings. The van der Waals surface area contributed by atoms with Gasteiger partial charge in [0.2, 0.25) is 4.21 Å². The third-order valence-corrected chi connectivity index (χ3v) is 10.4. The van der Waals surface area contributed by atoms with Gasteiger partial charge in [-0.1, -0.05) is 46.9 Å². The molecule has 0 saturated heterocycles. The lowest BCUT2D eigenvalue weighted by Gasteiger charge is -2.08. The zero-order valence-electron chi connectivity index (χ0n) is 19.7. The third-order valence-electron chi connectivity index (χ3n) is 5.61. The molecular formula is C29H25O3S3+. The molecule has 0 aliphatic rings. The highest BCUT2D eigenvalue weighted by molar-refractivity contribution is 7.99. The minimum Gasteiger partial charge on any atom is -0.497 e. The van der Waals surface area contributed by atoms with E-state index >= 15 is 0 Å². The lowest BCUT2D eigenvalue weighted by molar-refractivity contribution is 0.414. The van der Waals surface area contributed by atoms with Crippen molar-refractivity contribution < 1.29 is 14.2 Å². The van der Waals surface area contributed by atoms with Crippen molar-refractivity contribution in [3.8, 4) is 37.4 Å². The Kier molecular flexibility index (Phi) is 7.13. The molecule has 6 heteroatoms. The van der Waals surface area contributed by atoms with Gasteiger partial charge in [-0.15, -0.1) is 0 Å². The maximum Gasteiger partial charge on any atom is 0.220 e. The van der Waals surface area contributed by atoms with Gasteiger partial charge in [-0.25, -0.2) is 0 Å². The average Bonchev–Trinajstić information content (AvgIpc) is 3.60. The van der Waals surface area contributed by atoms with Crippen LogP contribution in [0.15, 0.2) is 111 Å². The van der Waals surface area contributed by atoms with E-state index in [9.17, 15) is 0 Å². The van der Waals surface area contributed by atoms with Crippen LogP contribution in [0.1, 0.15) is 0 Å². The molecule has 0 amide bonds. The predicted molar refractivity (Wildman–Crippen MR) is 148 cm³/mol. The van der Waals surface area contributed by atoms with Crippen LogP contribution in [0, 0.1) is 0 Å². The van der Waals surface area contributed by atoms with E-state index in [4.69, 9.17) is 14.2 Å². The van der Waals surface area contributed by atoms with Crippen molar-refractivity contribution in [1.82, 2.24) is 0 Å². The Hall–Kier alpha value is -3.19. The minimum absolute atomic E-state index is 0.225. The smallest absolute Gasteiger partial charge is 0.220 e. The van der Waals surface area contributed by atoms with Crippen LogP contribution in [-0.4, -0.2) is 21.3 Å². The fraction of sp³-hybridized carbons (Fsp3) is 0.103. The summed E-state index contributed by atoms with van der Waals surface area (Å²) in [6.07, 6.45) is 0. The van der Waals surface area contributed by atoms with Crippen LogP contribution in [0.25, 0.3) is 20.9 Å². The average molecular weight is 518 g/mol. The van der Waals surface area contributed by atoms with Crippen molar-refractivity contribution in [3.05, 3.63) is 97.1 Å². The number of benzene rings is 3. The van der Waals surface area contributed by atoms with E-state index in [1.54, 1.807) is 32.7 Å². The molecule has 5 rings (SSSR count). The lowest BCUT2D eigenvalue weighted by atomic mass is 10.1. The summed E-state index contributed by atoms with van der Waals surface area (Å²) in [5.74, 6) is 1.73. The van der Waals surface area contributed by atoms with Crippen molar-refractivity contribution in [2.24, 2.45) is 0 Å². The lowest BCUT2D eigenvalue weighted by Crippen LogP contribution is -2.03. The normalized spacial score (nSPS) is 11.0. The molecule has 0 unspecified atom stereocenters. The molecule has 3 nitrogen and oxygen atoms in total. The molecule has 0 fully saturated rings. The molecule has 0 radical (unpaired) electrons. The first-order valence-electron chi connectivity index (χ1n) is 11.1. The van der Waals surface area contributed by atoms with Gasteiger partial charge in [0.05, 0.1) is 21.3 Å². The Labute approximate surface area is 216 Å². The van der Waals surface area contributed by atoms with Gasteiger partial charge in [0, 0.05) is 15.8 Å². The summed E-state index contributed by atoms with van der Waals surface area (Å²) in [6.45, 7) is 0. The monoisotopic (exact) mass is 517 g/mol. The van der Waals surface area contributed by atoms with Gasteiger partial charge in [0.15, 0.2) is 14.9 Å². The summed E-state index contributed by atoms with van der Waals surface area (Å²) < 4.78 is 17.4. The first-order chi connectivity index (χ1) is 17.2. The Balaban J connectivity index is 1.47. The number of thiophene rings is 2. The first kappa shape index (κ1) is 23.5. The zero-order valence-corrected chi connectivity index (χ0v) is 22.1. The molecule has 0 N–H and O–H groups in total. The van der Waals surface area contributed by atoms with Crippen molar-refractivity contribution in [3.63, 3.8) is 0 Å². The standard InChI is InChI=1S/C29H25O3S3/c1-30-22-8-12-24(13-9-22)35(25-14-10-23(31-2)11-15-25)29-19-17-27(34-29)21-6-4-20(5-7-21)26-16-18-28(32-3)33-26/h4-19H,1-3H3/q+1. The van der Waals surface area contributed by atoms with Crippen LogP contribution < -0.4 is 14.2 Å². The highest BCUT2D eigenvalue weighted by Crippen LogP contribution is 2.40. The number of methoxy groups -OCH3 is 3. The fourth-order valence-electron chi connectivity index (χ4n) is 3.76. The molecule has 3 aromatic carbocycles. The summed E-state index contributed by atoms with van der Waals surface area (Å²) in [7, 11) is 4.88. The summed E-state index contributed by atoms with van der Waals surface area (Å²) in [5.41, 5.74) is 2.43. The molecule has 0 saturated carbocycles. The van der Waals surface area contributed by atoms with E-state index < -0.39 is 0 Å². The second-order valence-electron chi connectivity index (χ2n) is 7.68. The molecule has 0 aliphatic carbocycles. The highest BCUT2D eigenvalue weighted by atomic mass is 32.2. The van der Waals surface area contributed by atoms with E-state index in [1.165, 1.54) is 34.9 Å². The second-order valence-corrected chi connectivity index (χ2v) is 12.1. The fourth-order valence-corrected chi connectivity index (χ4v) is 8.27. The number of rotatable bonds is 8. The van der Waals surface area contributed by atoms with Crippen molar-refractivity contribution >= 4 is 33.6 Å². The SMILES string of the molecule is COc1ccc([S+](c2ccc(OC)cc2)c2ccc(-c3ccc(-c4ccc(OC)s4)cc3)s2)cc1. The van der Waals surface area contributed by atoms with Crippen LogP contribution in [0.5, 0.6) is 16.6 Å². The van der Waals surface area contributed by atoms with Crippen LogP contribution in [0.3, 0.4) is 0 Å². The number of hydrogen-bond acceptors (Lipinski definition) is 5. The molecular weight excluding hydrogens is 493 g/mol. The molecule has 2 aromatic heterocycles. The third kappa shape index (κ3) is 5.10. The van der Waals surface area contributed by atoms with Gasteiger partial charge >= 0.3 is 0 Å². The minimum atomic E-state index is -0.225. The van der Waals surface area contributed by atoms with E-state index in [1.807, 2.05) is 41.7 Å². The number of hydrogen-bond donors (Lipinski definition) is 0. The molecule has 0 atom stereocenters. The summed E-state index contributed by atoms with van der Waals surface area (Å²) in [5, 5.41) is 0.927. The Morgan fingerprint density at radius 2 is 0.971 bits per heavy atom.